The molecule has 2 N–H and O–H groups in total. The Labute approximate surface area is 270 Å². The van der Waals surface area contributed by atoms with Crippen LogP contribution in [0.3, 0.4) is 0 Å². The molecule has 2 rings (SSSR count). The van der Waals surface area contributed by atoms with Gasteiger partial charge in [0.1, 0.15) is 13.1 Å². The fraction of sp³-hybridized carbons (Fsp3) is 0.667. The Morgan fingerprint density at radius 2 is 0.927 bits per heavy atom. The lowest BCUT2D eigenvalue weighted by Crippen LogP contribution is -2.43. The molecule has 0 saturated carbocycles. The molecule has 0 saturated heterocycles. The molecule has 5 heteroatoms. The minimum absolute atomic E-state index is 0.666. The van der Waals surface area contributed by atoms with Crippen molar-refractivity contribution in [2.75, 3.05) is 80.4 Å². The summed E-state index contributed by atoms with van der Waals surface area (Å²) in [6, 6.07) is 18.4. The van der Waals surface area contributed by atoms with E-state index in [1.807, 2.05) is 4.93 Å². The van der Waals surface area contributed by atoms with Crippen LogP contribution in [0.1, 0.15) is 87.5 Å². The minimum Gasteiger partial charge on any atom is -0.331 e. The van der Waals surface area contributed by atoms with Crippen molar-refractivity contribution in [3.05, 3.63) is 70.8 Å². The number of benzene rings is 2. The first kappa shape index (κ1) is 40.0. The Balaban J connectivity index is 0.000000743. The zero-order valence-electron chi connectivity index (χ0n) is 29.1. The lowest BCUT2D eigenvalue weighted by atomic mass is 9.97. The number of halogens is 1. The van der Waals surface area contributed by atoms with Crippen molar-refractivity contribution < 1.29 is 13.4 Å². The van der Waals surface area contributed by atoms with E-state index in [1.165, 1.54) is 54.6 Å². The maximum Gasteiger partial charge on any atom is 0.104 e. The summed E-state index contributed by atoms with van der Waals surface area (Å²) in [4.78, 5) is 1.97. The second-order valence-corrected chi connectivity index (χ2v) is 14.2. The summed E-state index contributed by atoms with van der Waals surface area (Å²) in [7, 11) is 16.1. The summed E-state index contributed by atoms with van der Waals surface area (Å²) in [5.41, 5.74) is 11.4. The summed E-state index contributed by atoms with van der Waals surface area (Å²) in [6.45, 7) is 15.7. The van der Waals surface area contributed by atoms with Gasteiger partial charge in [-0.05, 0) is 47.3 Å². The topological polar surface area (TPSA) is 26.0 Å². The molecule has 0 aliphatic heterocycles. The van der Waals surface area contributed by atoms with E-state index in [1.54, 1.807) is 0 Å². The van der Waals surface area contributed by atoms with Crippen LogP contribution >= 0.6 is 22.6 Å². The average molecular weight is 684 g/mol. The summed E-state index contributed by atoms with van der Waals surface area (Å²) in [5.74, 6) is 1.34. The molecule has 0 spiro atoms. The first-order valence-corrected chi connectivity index (χ1v) is 18.0. The lowest BCUT2D eigenvalue weighted by Gasteiger charge is -2.32. The van der Waals surface area contributed by atoms with Gasteiger partial charge in [0.05, 0.1) is 69.0 Å². The largest absolute Gasteiger partial charge is 0.331 e. The smallest absolute Gasteiger partial charge is 0.104 e. The molecule has 0 aromatic heterocycles. The fourth-order valence-corrected chi connectivity index (χ4v) is 5.01. The third-order valence-electron chi connectivity index (χ3n) is 8.10. The summed E-state index contributed by atoms with van der Waals surface area (Å²) in [5, 5.41) is 0. The average Bonchev–Trinajstić information content (AvgIpc) is 2.92. The van der Waals surface area contributed by atoms with E-state index in [4.69, 9.17) is 5.73 Å². The van der Waals surface area contributed by atoms with Crippen molar-refractivity contribution in [1.82, 2.24) is 0 Å². The third kappa shape index (κ3) is 18.3. The molecular formula is C36H68IN4+3. The predicted octanol–water partition coefficient (Wildman–Crippen LogP) is 8.05. The standard InChI is InChI=1S/C19H36N2.C16H29N2.CH3I/c1-8-17(2)19-12-10-18(11-13-19)16-21(6,7)15-9-14-20(3,4)5;1-5-14(2)16-9-7-15(8-10-16)13-18(3,4)12-6-11-17;1-2/h10-13,17H,8-9,14-16H2,1-7H3;7-10,14H,5-6,11-13,17H2,1-4H3;1H3/q+2;+1;. The van der Waals surface area contributed by atoms with E-state index in [9.17, 15) is 0 Å². The van der Waals surface area contributed by atoms with Crippen molar-refractivity contribution in [3.8, 4) is 0 Å². The van der Waals surface area contributed by atoms with Crippen LogP contribution < -0.4 is 5.73 Å². The van der Waals surface area contributed by atoms with Crippen LogP contribution in [0.25, 0.3) is 0 Å². The number of nitrogens with two attached hydrogens (primary N) is 1. The van der Waals surface area contributed by atoms with E-state index < -0.39 is 0 Å². The van der Waals surface area contributed by atoms with Crippen LogP contribution in [0, 0.1) is 0 Å². The minimum atomic E-state index is 0.666. The molecule has 0 aliphatic rings. The molecule has 0 aliphatic carbocycles. The second kappa shape index (κ2) is 20.1. The highest BCUT2D eigenvalue weighted by Crippen LogP contribution is 2.21. The fourth-order valence-electron chi connectivity index (χ4n) is 5.01. The van der Waals surface area contributed by atoms with Gasteiger partial charge in [0, 0.05) is 24.0 Å². The molecular weight excluding hydrogens is 615 g/mol. The summed E-state index contributed by atoms with van der Waals surface area (Å²) < 4.78 is 3.14. The molecule has 41 heavy (non-hydrogen) atoms. The third-order valence-corrected chi connectivity index (χ3v) is 8.10. The van der Waals surface area contributed by atoms with Crippen LogP contribution in [0.5, 0.6) is 0 Å². The van der Waals surface area contributed by atoms with Crippen LogP contribution in [-0.4, -0.2) is 93.9 Å². The number of hydrogen-bond acceptors (Lipinski definition) is 1. The molecule has 2 unspecified atom stereocenters. The van der Waals surface area contributed by atoms with Gasteiger partial charge >= 0.3 is 0 Å². The molecule has 2 aromatic carbocycles. The maximum absolute atomic E-state index is 5.59. The molecule has 0 bridgehead atoms. The van der Waals surface area contributed by atoms with Crippen molar-refractivity contribution >= 4 is 22.6 Å². The van der Waals surface area contributed by atoms with Gasteiger partial charge in [-0.25, -0.2) is 0 Å². The quantitative estimate of drug-likeness (QED) is 0.115. The van der Waals surface area contributed by atoms with Crippen molar-refractivity contribution in [2.24, 2.45) is 5.73 Å². The van der Waals surface area contributed by atoms with Gasteiger partial charge < -0.3 is 19.2 Å². The molecule has 2 aromatic rings. The lowest BCUT2D eigenvalue weighted by molar-refractivity contribution is -0.912. The van der Waals surface area contributed by atoms with Crippen molar-refractivity contribution in [1.29, 1.82) is 0 Å². The first-order chi connectivity index (χ1) is 19.1. The highest BCUT2D eigenvalue weighted by molar-refractivity contribution is 14.1. The van der Waals surface area contributed by atoms with Crippen molar-refractivity contribution in [3.63, 3.8) is 0 Å². The van der Waals surface area contributed by atoms with Crippen molar-refractivity contribution in [2.45, 2.75) is 78.3 Å². The number of rotatable bonds is 15. The Hall–Kier alpha value is -0.990. The molecule has 0 heterocycles. The molecule has 0 amide bonds. The SMILES string of the molecule is CCC(C)c1ccc(C[N+](C)(C)CCCN)cc1.CCC(C)c1ccc(C[N+](C)(C)CCC[N+](C)(C)C)cc1.CI. The Morgan fingerprint density at radius 1 is 0.585 bits per heavy atom. The molecule has 2 atom stereocenters. The highest BCUT2D eigenvalue weighted by Gasteiger charge is 2.18. The molecule has 0 radical (unpaired) electrons. The first-order valence-electron chi connectivity index (χ1n) is 15.8. The van der Waals surface area contributed by atoms with E-state index in [-0.39, 0.29) is 0 Å². The Morgan fingerprint density at radius 3 is 1.22 bits per heavy atom. The van der Waals surface area contributed by atoms with Crippen LogP contribution in [0.2, 0.25) is 0 Å². The maximum atomic E-state index is 5.59. The number of nitrogens with zero attached hydrogens (tertiary/aromatic N) is 3. The molecule has 236 valence electrons. The van der Waals surface area contributed by atoms with E-state index in [2.05, 4.69) is 148 Å². The number of alkyl halides is 1. The number of quaternary nitrogens is 3. The Kier molecular flexibility index (Phi) is 19.6. The van der Waals surface area contributed by atoms with Gasteiger partial charge in [0.25, 0.3) is 0 Å². The van der Waals surface area contributed by atoms with Gasteiger partial charge in [0.15, 0.2) is 0 Å². The van der Waals surface area contributed by atoms with Crippen LogP contribution in [-0.2, 0) is 13.1 Å². The van der Waals surface area contributed by atoms with Crippen LogP contribution in [0.4, 0.5) is 0 Å². The highest BCUT2D eigenvalue weighted by atomic mass is 127. The van der Waals surface area contributed by atoms with E-state index in [0.29, 0.717) is 11.8 Å². The van der Waals surface area contributed by atoms with Gasteiger partial charge in [-0.15, -0.1) is 0 Å². The van der Waals surface area contributed by atoms with Gasteiger partial charge in [-0.2, -0.15) is 0 Å². The van der Waals surface area contributed by atoms with E-state index in [0.717, 1.165) is 46.0 Å². The molecule has 4 nitrogen and oxygen atoms in total. The van der Waals surface area contributed by atoms with Gasteiger partial charge in [-0.1, -0.05) is 98.8 Å². The Bertz CT molecular complexity index is 914. The normalized spacial score (nSPS) is 13.4. The zero-order valence-corrected chi connectivity index (χ0v) is 31.3. The summed E-state index contributed by atoms with van der Waals surface area (Å²) in [6.07, 6.45) is 4.79. The predicted molar refractivity (Wildman–Crippen MR) is 193 cm³/mol. The molecule has 0 fully saturated rings. The second-order valence-electron chi connectivity index (χ2n) is 14.2. The zero-order chi connectivity index (χ0) is 31.7. The van der Waals surface area contributed by atoms with Crippen LogP contribution in [0.15, 0.2) is 48.5 Å². The summed E-state index contributed by atoms with van der Waals surface area (Å²) >= 11 is 2.15. The monoisotopic (exact) mass is 683 g/mol. The van der Waals surface area contributed by atoms with Gasteiger partial charge in [0.2, 0.25) is 0 Å². The van der Waals surface area contributed by atoms with E-state index >= 15 is 0 Å². The van der Waals surface area contributed by atoms with Gasteiger partial charge in [-0.3, -0.25) is 0 Å². The number of hydrogen-bond donors (Lipinski definition) is 1.